The molecule has 1 saturated heterocycles. The number of carbonyl (C=O) groups excluding carboxylic acids is 2. The molecule has 3 aromatic rings. The van der Waals surface area contributed by atoms with Gasteiger partial charge >= 0.3 is 5.97 Å². The van der Waals surface area contributed by atoms with Crippen molar-refractivity contribution in [2.24, 2.45) is 5.92 Å². The van der Waals surface area contributed by atoms with Gasteiger partial charge in [0.1, 0.15) is 6.04 Å². The summed E-state index contributed by atoms with van der Waals surface area (Å²) in [5.74, 6) is -0.438. The topological polar surface area (TPSA) is 81.5 Å². The summed E-state index contributed by atoms with van der Waals surface area (Å²) in [4.78, 5) is 41.5. The summed E-state index contributed by atoms with van der Waals surface area (Å²) in [7, 11) is 1.36. The molecule has 1 aliphatic heterocycles. The first-order valence-electron chi connectivity index (χ1n) is 11.1. The fourth-order valence-corrected chi connectivity index (χ4v) is 5.31. The van der Waals surface area contributed by atoms with Crippen molar-refractivity contribution in [3.63, 3.8) is 0 Å². The lowest BCUT2D eigenvalue weighted by atomic mass is 9.84. The summed E-state index contributed by atoms with van der Waals surface area (Å²) < 4.78 is 6.32. The Hall–Kier alpha value is -3.48. The molecule has 32 heavy (non-hydrogen) atoms. The first-order chi connectivity index (χ1) is 15.6. The number of rotatable bonds is 3. The zero-order valence-electron chi connectivity index (χ0n) is 17.9. The molecule has 7 heteroatoms. The molecule has 0 N–H and O–H groups in total. The van der Waals surface area contributed by atoms with Gasteiger partial charge in [-0.15, -0.1) is 0 Å². The molecule has 2 heterocycles. The Kier molecular flexibility index (Phi) is 5.25. The van der Waals surface area contributed by atoms with Gasteiger partial charge in [0.25, 0.3) is 11.5 Å². The van der Waals surface area contributed by atoms with Gasteiger partial charge in [0.05, 0.1) is 18.2 Å². The highest BCUT2D eigenvalue weighted by Gasteiger charge is 2.48. The van der Waals surface area contributed by atoms with Crippen molar-refractivity contribution in [3.05, 3.63) is 70.6 Å². The number of fused-ring (bicyclic) bond motifs is 2. The lowest BCUT2D eigenvalue weighted by Crippen LogP contribution is -2.47. The Morgan fingerprint density at radius 2 is 1.66 bits per heavy atom. The van der Waals surface area contributed by atoms with Crippen LogP contribution in [0.5, 0.6) is 0 Å². The van der Waals surface area contributed by atoms with Crippen LogP contribution in [0.25, 0.3) is 16.5 Å². The van der Waals surface area contributed by atoms with Crippen LogP contribution in [-0.2, 0) is 9.53 Å². The summed E-state index contributed by atoms with van der Waals surface area (Å²) in [6.45, 7) is 0. The molecule has 2 aliphatic rings. The molecule has 0 spiro atoms. The van der Waals surface area contributed by atoms with Gasteiger partial charge in [0.15, 0.2) is 5.69 Å². The molecule has 3 atom stereocenters. The van der Waals surface area contributed by atoms with E-state index in [1.807, 2.05) is 18.2 Å². The molecule has 5 rings (SSSR count). The van der Waals surface area contributed by atoms with Crippen molar-refractivity contribution >= 4 is 22.6 Å². The predicted octanol–water partition coefficient (Wildman–Crippen LogP) is 3.33. The van der Waals surface area contributed by atoms with Crippen LogP contribution in [0.2, 0.25) is 0 Å². The standard InChI is InChI=1S/C25H25N3O4/c1-32-25(31)21-15-16-9-5-8-14-20(16)27(21)24(30)22-18-12-6-7-13-19(18)23(29)28(26-22)17-10-3-2-4-11-17/h2-4,6-7,10-13,16,20-21H,5,8-9,14-15H2,1H3. The van der Waals surface area contributed by atoms with Crippen molar-refractivity contribution in [1.29, 1.82) is 0 Å². The van der Waals surface area contributed by atoms with Crippen molar-refractivity contribution in [2.75, 3.05) is 7.11 Å². The summed E-state index contributed by atoms with van der Waals surface area (Å²) in [6.07, 6.45) is 4.60. The molecule has 164 valence electrons. The number of methoxy groups -OCH3 is 1. The zero-order chi connectivity index (χ0) is 22.2. The summed E-state index contributed by atoms with van der Waals surface area (Å²) >= 11 is 0. The van der Waals surface area contributed by atoms with Gasteiger partial charge in [0, 0.05) is 11.4 Å². The van der Waals surface area contributed by atoms with E-state index in [1.54, 1.807) is 41.3 Å². The molecule has 0 bridgehead atoms. The van der Waals surface area contributed by atoms with Crippen LogP contribution in [0.4, 0.5) is 0 Å². The van der Waals surface area contributed by atoms with Crippen molar-refractivity contribution in [1.82, 2.24) is 14.7 Å². The SMILES string of the molecule is COC(=O)C1CC2CCCCC2N1C(=O)c1nn(-c2ccccc2)c(=O)c2ccccc12. The van der Waals surface area contributed by atoms with Gasteiger partial charge in [0.2, 0.25) is 0 Å². The molecule has 1 saturated carbocycles. The van der Waals surface area contributed by atoms with Gasteiger partial charge in [-0.25, -0.2) is 4.79 Å². The summed E-state index contributed by atoms with van der Waals surface area (Å²) in [5.41, 5.74) is 0.479. The van der Waals surface area contributed by atoms with E-state index in [0.29, 0.717) is 22.9 Å². The third kappa shape index (κ3) is 3.28. The Labute approximate surface area is 185 Å². The fourth-order valence-electron chi connectivity index (χ4n) is 5.31. The lowest BCUT2D eigenvalue weighted by molar-refractivity contribution is -0.145. The van der Waals surface area contributed by atoms with E-state index in [1.165, 1.54) is 11.8 Å². The monoisotopic (exact) mass is 431 g/mol. The maximum Gasteiger partial charge on any atom is 0.328 e. The number of carbonyl (C=O) groups is 2. The maximum atomic E-state index is 14.0. The first kappa shape index (κ1) is 20.4. The average molecular weight is 431 g/mol. The molecule has 2 fully saturated rings. The predicted molar refractivity (Wildman–Crippen MR) is 120 cm³/mol. The van der Waals surface area contributed by atoms with Crippen LogP contribution in [0.1, 0.15) is 42.6 Å². The molecular weight excluding hydrogens is 406 g/mol. The number of ether oxygens (including phenoxy) is 1. The molecule has 1 amide bonds. The second-order valence-electron chi connectivity index (χ2n) is 8.55. The minimum absolute atomic E-state index is 0.0157. The van der Waals surface area contributed by atoms with Crippen LogP contribution >= 0.6 is 0 Å². The van der Waals surface area contributed by atoms with Gasteiger partial charge in [-0.2, -0.15) is 9.78 Å². The zero-order valence-corrected chi connectivity index (χ0v) is 17.9. The van der Waals surface area contributed by atoms with E-state index in [2.05, 4.69) is 5.10 Å². The van der Waals surface area contributed by atoms with E-state index in [4.69, 9.17) is 4.74 Å². The smallest absolute Gasteiger partial charge is 0.328 e. The molecule has 1 aliphatic carbocycles. The van der Waals surface area contributed by atoms with Gasteiger partial charge in [-0.05, 0) is 43.4 Å². The summed E-state index contributed by atoms with van der Waals surface area (Å²) in [6, 6.07) is 15.4. The number of para-hydroxylation sites is 1. The Morgan fingerprint density at radius 1 is 0.969 bits per heavy atom. The van der Waals surface area contributed by atoms with Gasteiger partial charge in [-0.1, -0.05) is 49.2 Å². The second kappa shape index (κ2) is 8.22. The van der Waals surface area contributed by atoms with Crippen LogP contribution in [0.15, 0.2) is 59.4 Å². The van der Waals surface area contributed by atoms with Crippen molar-refractivity contribution in [2.45, 2.75) is 44.2 Å². The number of likely N-dealkylation sites (tertiary alicyclic amines) is 1. The number of hydrogen-bond donors (Lipinski definition) is 0. The largest absolute Gasteiger partial charge is 0.467 e. The Bertz CT molecular complexity index is 1240. The minimum atomic E-state index is -0.627. The second-order valence-corrected chi connectivity index (χ2v) is 8.55. The maximum absolute atomic E-state index is 14.0. The van der Waals surface area contributed by atoms with Crippen molar-refractivity contribution in [3.8, 4) is 5.69 Å². The molecular formula is C25H25N3O4. The Morgan fingerprint density at radius 3 is 2.41 bits per heavy atom. The molecule has 0 radical (unpaired) electrons. The molecule has 2 aromatic carbocycles. The number of hydrogen-bond acceptors (Lipinski definition) is 5. The quantitative estimate of drug-likeness (QED) is 0.594. The number of aromatic nitrogens is 2. The highest BCUT2D eigenvalue weighted by Crippen LogP contribution is 2.41. The van der Waals surface area contributed by atoms with Crippen LogP contribution < -0.4 is 5.56 Å². The molecule has 3 unspecified atom stereocenters. The van der Waals surface area contributed by atoms with Crippen molar-refractivity contribution < 1.29 is 14.3 Å². The van der Waals surface area contributed by atoms with Crippen LogP contribution in [0, 0.1) is 5.92 Å². The van der Waals surface area contributed by atoms with E-state index in [-0.39, 0.29) is 29.1 Å². The Balaban J connectivity index is 1.68. The molecule has 1 aromatic heterocycles. The van der Waals surface area contributed by atoms with Gasteiger partial charge in [-0.3, -0.25) is 9.59 Å². The summed E-state index contributed by atoms with van der Waals surface area (Å²) in [5, 5.41) is 5.45. The fraction of sp³-hybridized carbons (Fsp3) is 0.360. The third-order valence-corrected chi connectivity index (χ3v) is 6.80. The first-order valence-corrected chi connectivity index (χ1v) is 11.1. The van der Waals surface area contributed by atoms with Crippen LogP contribution in [0.3, 0.4) is 0 Å². The van der Waals surface area contributed by atoms with E-state index < -0.39 is 12.0 Å². The lowest BCUT2D eigenvalue weighted by Gasteiger charge is -2.33. The highest BCUT2D eigenvalue weighted by atomic mass is 16.5. The number of amides is 1. The third-order valence-electron chi connectivity index (χ3n) is 6.80. The number of esters is 1. The van der Waals surface area contributed by atoms with Crippen LogP contribution in [-0.4, -0.2) is 45.8 Å². The van der Waals surface area contributed by atoms with Gasteiger partial charge < -0.3 is 9.64 Å². The normalized spacial score (nSPS) is 22.5. The van der Waals surface area contributed by atoms with E-state index >= 15 is 0 Å². The minimum Gasteiger partial charge on any atom is -0.467 e. The molecule has 7 nitrogen and oxygen atoms in total. The number of nitrogens with zero attached hydrogens (tertiary/aromatic N) is 3. The number of benzene rings is 2. The van der Waals surface area contributed by atoms with E-state index in [0.717, 1.165) is 25.7 Å². The average Bonchev–Trinajstić information content (AvgIpc) is 3.24. The highest BCUT2D eigenvalue weighted by molar-refractivity contribution is 6.06. The van der Waals surface area contributed by atoms with E-state index in [9.17, 15) is 14.4 Å².